The molecule has 0 spiro atoms. The Morgan fingerprint density at radius 2 is 2.05 bits per heavy atom. The number of hydrogen-bond acceptors (Lipinski definition) is 4. The largest absolute Gasteiger partial charge is 0.496 e. The molecule has 0 unspecified atom stereocenters. The van der Waals surface area contributed by atoms with Crippen LogP contribution in [0.3, 0.4) is 0 Å². The molecular weight excluding hydrogens is 270 g/mol. The van der Waals surface area contributed by atoms with Crippen LogP contribution in [0.5, 0.6) is 5.75 Å². The summed E-state index contributed by atoms with van der Waals surface area (Å²) in [5, 5.41) is 12.2. The van der Waals surface area contributed by atoms with Gasteiger partial charge < -0.3 is 14.6 Å². The Kier molecular flexibility index (Phi) is 4.14. The molecule has 21 heavy (non-hydrogen) atoms. The summed E-state index contributed by atoms with van der Waals surface area (Å²) in [5.74, 6) is 0.676. The van der Waals surface area contributed by atoms with Gasteiger partial charge in [0, 0.05) is 22.7 Å². The number of amides is 1. The van der Waals surface area contributed by atoms with E-state index < -0.39 is 11.7 Å². The van der Waals surface area contributed by atoms with E-state index in [1.807, 2.05) is 26.8 Å². The van der Waals surface area contributed by atoms with Crippen molar-refractivity contribution < 1.29 is 19.4 Å². The number of ether oxygens (including phenoxy) is 2. The van der Waals surface area contributed by atoms with E-state index in [-0.39, 0.29) is 12.0 Å². The van der Waals surface area contributed by atoms with E-state index in [4.69, 9.17) is 9.47 Å². The zero-order chi connectivity index (χ0) is 15.7. The lowest BCUT2D eigenvalue weighted by Crippen LogP contribution is -2.27. The van der Waals surface area contributed by atoms with E-state index in [2.05, 4.69) is 5.32 Å². The number of benzene rings is 1. The Hall–Kier alpha value is -1.75. The maximum Gasteiger partial charge on any atom is 0.412 e. The zero-order valence-corrected chi connectivity index (χ0v) is 13.0. The number of aliphatic hydroxyl groups is 1. The number of nitrogens with one attached hydrogen (secondary N) is 1. The van der Waals surface area contributed by atoms with Crippen LogP contribution in [0.1, 0.15) is 39.2 Å². The molecule has 2 N–H and O–H groups in total. The highest BCUT2D eigenvalue weighted by Crippen LogP contribution is 2.51. The molecule has 1 aliphatic rings. The summed E-state index contributed by atoms with van der Waals surface area (Å²) in [7, 11) is 1.59. The number of rotatable bonds is 4. The predicted octanol–water partition coefficient (Wildman–Crippen LogP) is 3.07. The van der Waals surface area contributed by atoms with Gasteiger partial charge in [-0.05, 0) is 39.7 Å². The SMILES string of the molecule is COc1cc(NC(=O)OC(C)(C)C)ccc1C1(CO)CC1. The molecule has 0 radical (unpaired) electrons. The Balaban J connectivity index is 2.14. The van der Waals surface area contributed by atoms with Crippen LogP contribution in [-0.2, 0) is 10.2 Å². The molecule has 0 aromatic heterocycles. The summed E-state index contributed by atoms with van der Waals surface area (Å²) in [6.07, 6.45) is 1.41. The van der Waals surface area contributed by atoms with Crippen molar-refractivity contribution >= 4 is 11.8 Å². The number of hydrogen-bond donors (Lipinski definition) is 2. The fraction of sp³-hybridized carbons (Fsp3) is 0.562. The van der Waals surface area contributed by atoms with Gasteiger partial charge in [0.05, 0.1) is 13.7 Å². The summed E-state index contributed by atoms with van der Waals surface area (Å²) < 4.78 is 10.6. The Morgan fingerprint density at radius 3 is 2.52 bits per heavy atom. The highest BCUT2D eigenvalue weighted by Gasteiger charge is 2.45. The fourth-order valence-electron chi connectivity index (χ4n) is 2.29. The van der Waals surface area contributed by atoms with E-state index in [1.54, 1.807) is 19.2 Å². The van der Waals surface area contributed by atoms with Crippen molar-refractivity contribution in [3.8, 4) is 5.75 Å². The highest BCUT2D eigenvalue weighted by molar-refractivity contribution is 5.85. The number of anilines is 1. The van der Waals surface area contributed by atoms with Crippen LogP contribution in [0.4, 0.5) is 10.5 Å². The van der Waals surface area contributed by atoms with Crippen LogP contribution in [0.15, 0.2) is 18.2 Å². The molecule has 1 aromatic carbocycles. The van der Waals surface area contributed by atoms with E-state index in [9.17, 15) is 9.90 Å². The molecular formula is C16H23NO4. The minimum atomic E-state index is -0.539. The second kappa shape index (κ2) is 5.56. The van der Waals surface area contributed by atoms with Crippen molar-refractivity contribution in [1.82, 2.24) is 0 Å². The third kappa shape index (κ3) is 3.67. The number of aliphatic hydroxyl groups excluding tert-OH is 1. The smallest absolute Gasteiger partial charge is 0.412 e. The van der Waals surface area contributed by atoms with Gasteiger partial charge in [0.1, 0.15) is 11.4 Å². The van der Waals surface area contributed by atoms with Crippen LogP contribution in [0, 0.1) is 0 Å². The van der Waals surface area contributed by atoms with Crippen molar-refractivity contribution in [2.45, 2.75) is 44.6 Å². The van der Waals surface area contributed by atoms with Crippen molar-refractivity contribution in [2.24, 2.45) is 0 Å². The predicted molar refractivity (Wildman–Crippen MR) is 80.8 cm³/mol. The van der Waals surface area contributed by atoms with E-state index in [1.165, 1.54) is 0 Å². The number of carbonyl (C=O) groups is 1. The molecule has 5 nitrogen and oxygen atoms in total. The lowest BCUT2D eigenvalue weighted by atomic mass is 9.95. The third-order valence-electron chi connectivity index (χ3n) is 3.57. The molecule has 0 bridgehead atoms. The highest BCUT2D eigenvalue weighted by atomic mass is 16.6. The summed E-state index contributed by atoms with van der Waals surface area (Å²) in [6, 6.07) is 5.46. The Bertz CT molecular complexity index is 530. The Morgan fingerprint density at radius 1 is 1.38 bits per heavy atom. The topological polar surface area (TPSA) is 67.8 Å². The Labute approximate surface area is 125 Å². The van der Waals surface area contributed by atoms with Gasteiger partial charge in [0.2, 0.25) is 0 Å². The van der Waals surface area contributed by atoms with Crippen molar-refractivity contribution in [3.05, 3.63) is 23.8 Å². The molecule has 0 saturated heterocycles. The molecule has 116 valence electrons. The normalized spacial score (nSPS) is 16.2. The second-order valence-corrected chi connectivity index (χ2v) is 6.48. The summed E-state index contributed by atoms with van der Waals surface area (Å²) in [4.78, 5) is 11.8. The lowest BCUT2D eigenvalue weighted by Gasteiger charge is -2.21. The third-order valence-corrected chi connectivity index (χ3v) is 3.57. The molecule has 1 saturated carbocycles. The molecule has 1 amide bonds. The molecule has 2 rings (SSSR count). The van der Waals surface area contributed by atoms with Gasteiger partial charge in [-0.2, -0.15) is 0 Å². The first-order valence-electron chi connectivity index (χ1n) is 7.09. The van der Waals surface area contributed by atoms with Crippen LogP contribution < -0.4 is 10.1 Å². The fourth-order valence-corrected chi connectivity index (χ4v) is 2.29. The second-order valence-electron chi connectivity index (χ2n) is 6.48. The summed E-state index contributed by atoms with van der Waals surface area (Å²) in [5.41, 5.74) is 0.889. The average Bonchev–Trinajstić information content (AvgIpc) is 3.17. The molecule has 1 aliphatic carbocycles. The van der Waals surface area contributed by atoms with Gasteiger partial charge in [-0.25, -0.2) is 4.79 Å². The van der Waals surface area contributed by atoms with E-state index in [0.717, 1.165) is 18.4 Å². The van der Waals surface area contributed by atoms with Gasteiger partial charge in [-0.3, -0.25) is 5.32 Å². The monoisotopic (exact) mass is 293 g/mol. The van der Waals surface area contributed by atoms with Crippen LogP contribution in [0.25, 0.3) is 0 Å². The standard InChI is InChI=1S/C16H23NO4/c1-15(2,3)21-14(19)17-11-5-6-12(13(9-11)20-4)16(10-18)7-8-16/h5-6,9,18H,7-8,10H2,1-4H3,(H,17,19). The van der Waals surface area contributed by atoms with Crippen LogP contribution in [0.2, 0.25) is 0 Å². The average molecular weight is 293 g/mol. The van der Waals surface area contributed by atoms with Crippen molar-refractivity contribution in [1.29, 1.82) is 0 Å². The molecule has 5 heteroatoms. The minimum Gasteiger partial charge on any atom is -0.496 e. The molecule has 1 aromatic rings. The molecule has 1 fully saturated rings. The van der Waals surface area contributed by atoms with Crippen molar-refractivity contribution in [3.63, 3.8) is 0 Å². The first-order chi connectivity index (χ1) is 9.79. The van der Waals surface area contributed by atoms with E-state index >= 15 is 0 Å². The van der Waals surface area contributed by atoms with Gasteiger partial charge >= 0.3 is 6.09 Å². The first kappa shape index (κ1) is 15.6. The summed E-state index contributed by atoms with van der Waals surface area (Å²) in [6.45, 7) is 5.55. The lowest BCUT2D eigenvalue weighted by molar-refractivity contribution is 0.0636. The maximum absolute atomic E-state index is 11.8. The zero-order valence-electron chi connectivity index (χ0n) is 13.0. The van der Waals surface area contributed by atoms with Gasteiger partial charge in [0.15, 0.2) is 0 Å². The number of carbonyl (C=O) groups excluding carboxylic acids is 1. The van der Waals surface area contributed by atoms with Gasteiger partial charge in [-0.1, -0.05) is 6.07 Å². The number of methoxy groups -OCH3 is 1. The van der Waals surface area contributed by atoms with Crippen molar-refractivity contribution in [2.75, 3.05) is 19.0 Å². The van der Waals surface area contributed by atoms with Gasteiger partial charge in [0.25, 0.3) is 0 Å². The molecule has 0 atom stereocenters. The maximum atomic E-state index is 11.8. The summed E-state index contributed by atoms with van der Waals surface area (Å²) >= 11 is 0. The van der Waals surface area contributed by atoms with Gasteiger partial charge in [-0.15, -0.1) is 0 Å². The van der Waals surface area contributed by atoms with Crippen LogP contribution in [-0.4, -0.2) is 30.5 Å². The molecule has 0 heterocycles. The van der Waals surface area contributed by atoms with Crippen LogP contribution >= 0.6 is 0 Å². The molecule has 0 aliphatic heterocycles. The minimum absolute atomic E-state index is 0.113. The first-order valence-corrected chi connectivity index (χ1v) is 7.09. The van der Waals surface area contributed by atoms with E-state index in [0.29, 0.717) is 11.4 Å². The quantitative estimate of drug-likeness (QED) is 0.895.